The number of hydrogen-bond acceptors (Lipinski definition) is 7. The number of pyridine rings is 1. The van der Waals surface area contributed by atoms with Crippen LogP contribution in [0.25, 0.3) is 11.5 Å². The number of rotatable bonds is 5. The third-order valence-electron chi connectivity index (χ3n) is 5.12. The molecule has 0 amide bonds. The number of aryl methyl sites for hydroxylation is 1. The highest BCUT2D eigenvalue weighted by molar-refractivity contribution is 7.89. The zero-order valence-electron chi connectivity index (χ0n) is 17.3. The number of sulfonamides is 1. The second-order valence-corrected chi connectivity index (χ2v) is 9.62. The fourth-order valence-corrected chi connectivity index (χ4v) is 4.99. The van der Waals surface area contributed by atoms with Crippen LogP contribution in [-0.2, 0) is 10.0 Å². The van der Waals surface area contributed by atoms with E-state index >= 15 is 0 Å². The summed E-state index contributed by atoms with van der Waals surface area (Å²) < 4.78 is 33.3. The molecule has 0 saturated carbocycles. The summed E-state index contributed by atoms with van der Waals surface area (Å²) in [6.45, 7) is 7.70. The Labute approximate surface area is 176 Å². The van der Waals surface area contributed by atoms with Gasteiger partial charge in [-0.1, -0.05) is 26.0 Å². The Morgan fingerprint density at radius 1 is 1.03 bits per heavy atom. The van der Waals surface area contributed by atoms with Gasteiger partial charge in [-0.05, 0) is 36.8 Å². The first kappa shape index (κ1) is 20.5. The molecule has 8 nitrogen and oxygen atoms in total. The molecule has 0 bridgehead atoms. The van der Waals surface area contributed by atoms with Gasteiger partial charge < -0.3 is 9.32 Å². The highest BCUT2D eigenvalue weighted by Gasteiger charge is 2.30. The summed E-state index contributed by atoms with van der Waals surface area (Å²) in [6.07, 6.45) is 1.72. The lowest BCUT2D eigenvalue weighted by Gasteiger charge is -2.35. The van der Waals surface area contributed by atoms with Gasteiger partial charge in [0, 0.05) is 38.3 Å². The number of nitrogens with zero attached hydrogens (tertiary/aromatic N) is 5. The van der Waals surface area contributed by atoms with E-state index in [9.17, 15) is 8.42 Å². The SMILES string of the molecule is Cc1cccc(S(=O)(=O)N2CCN(c3ncccc3-c3nnc(C(C)C)o3)CC2)c1. The summed E-state index contributed by atoms with van der Waals surface area (Å²) >= 11 is 0. The first-order chi connectivity index (χ1) is 14.4. The first-order valence-corrected chi connectivity index (χ1v) is 11.4. The number of piperazine rings is 1. The van der Waals surface area contributed by atoms with Crippen molar-refractivity contribution in [2.24, 2.45) is 0 Å². The summed E-state index contributed by atoms with van der Waals surface area (Å²) in [4.78, 5) is 6.92. The van der Waals surface area contributed by atoms with E-state index in [2.05, 4.69) is 20.1 Å². The van der Waals surface area contributed by atoms with Crippen LogP contribution in [-0.4, -0.2) is 54.1 Å². The van der Waals surface area contributed by atoms with Gasteiger partial charge in [-0.25, -0.2) is 13.4 Å². The minimum absolute atomic E-state index is 0.141. The average Bonchev–Trinajstić information content (AvgIpc) is 3.24. The molecule has 1 saturated heterocycles. The van der Waals surface area contributed by atoms with Crippen LogP contribution >= 0.6 is 0 Å². The van der Waals surface area contributed by atoms with Crippen molar-refractivity contribution in [3.63, 3.8) is 0 Å². The van der Waals surface area contributed by atoms with Crippen molar-refractivity contribution in [1.29, 1.82) is 0 Å². The summed E-state index contributed by atoms with van der Waals surface area (Å²) in [5.74, 6) is 1.87. The van der Waals surface area contributed by atoms with Crippen molar-refractivity contribution < 1.29 is 12.8 Å². The zero-order chi connectivity index (χ0) is 21.3. The lowest BCUT2D eigenvalue weighted by Crippen LogP contribution is -2.49. The van der Waals surface area contributed by atoms with Crippen molar-refractivity contribution in [2.75, 3.05) is 31.1 Å². The lowest BCUT2D eigenvalue weighted by atomic mass is 10.2. The smallest absolute Gasteiger partial charge is 0.251 e. The number of hydrogen-bond donors (Lipinski definition) is 0. The number of aromatic nitrogens is 3. The van der Waals surface area contributed by atoms with Crippen molar-refractivity contribution in [1.82, 2.24) is 19.5 Å². The van der Waals surface area contributed by atoms with Crippen LogP contribution in [0.1, 0.15) is 31.2 Å². The Kier molecular flexibility index (Phi) is 5.57. The topological polar surface area (TPSA) is 92.4 Å². The molecule has 0 radical (unpaired) electrons. The molecule has 2 aromatic heterocycles. The van der Waals surface area contributed by atoms with Crippen LogP contribution in [0.15, 0.2) is 51.9 Å². The van der Waals surface area contributed by atoms with Crippen LogP contribution in [0.5, 0.6) is 0 Å². The predicted octanol–water partition coefficient (Wildman–Crippen LogP) is 3.07. The second-order valence-electron chi connectivity index (χ2n) is 7.68. The van der Waals surface area contributed by atoms with Crippen molar-refractivity contribution in [2.45, 2.75) is 31.6 Å². The number of benzene rings is 1. The van der Waals surface area contributed by atoms with Crippen molar-refractivity contribution in [3.8, 4) is 11.5 Å². The second kappa shape index (κ2) is 8.16. The summed E-state index contributed by atoms with van der Waals surface area (Å²) in [5.41, 5.74) is 1.68. The van der Waals surface area contributed by atoms with E-state index < -0.39 is 10.0 Å². The molecule has 1 aliphatic heterocycles. The maximum atomic E-state index is 13.0. The lowest BCUT2D eigenvalue weighted by molar-refractivity contribution is 0.383. The van der Waals surface area contributed by atoms with Gasteiger partial charge in [0.15, 0.2) is 0 Å². The molecule has 0 atom stereocenters. The Balaban J connectivity index is 1.54. The van der Waals surface area contributed by atoms with Crippen LogP contribution in [0.2, 0.25) is 0 Å². The molecule has 3 aromatic rings. The molecule has 1 aromatic carbocycles. The van der Waals surface area contributed by atoms with E-state index in [0.29, 0.717) is 42.9 Å². The highest BCUT2D eigenvalue weighted by atomic mass is 32.2. The quantitative estimate of drug-likeness (QED) is 0.618. The van der Waals surface area contributed by atoms with Gasteiger partial charge in [-0.2, -0.15) is 4.31 Å². The zero-order valence-corrected chi connectivity index (χ0v) is 18.1. The maximum Gasteiger partial charge on any atom is 0.251 e. The molecule has 158 valence electrons. The minimum atomic E-state index is -3.51. The first-order valence-electron chi connectivity index (χ1n) is 9.97. The van der Waals surface area contributed by atoms with Gasteiger partial charge in [-0.3, -0.25) is 0 Å². The van der Waals surface area contributed by atoms with Crippen LogP contribution in [0.4, 0.5) is 5.82 Å². The molecule has 3 heterocycles. The Hall–Kier alpha value is -2.78. The molecule has 0 unspecified atom stereocenters. The normalized spacial score (nSPS) is 15.7. The molecule has 0 N–H and O–H groups in total. The van der Waals surface area contributed by atoms with Crippen molar-refractivity contribution >= 4 is 15.8 Å². The van der Waals surface area contributed by atoms with Crippen LogP contribution in [0.3, 0.4) is 0 Å². The van der Waals surface area contributed by atoms with E-state index in [-0.39, 0.29) is 5.92 Å². The Morgan fingerprint density at radius 2 is 1.80 bits per heavy atom. The highest BCUT2D eigenvalue weighted by Crippen LogP contribution is 2.30. The molecule has 9 heteroatoms. The van der Waals surface area contributed by atoms with Gasteiger partial charge in [0.1, 0.15) is 5.82 Å². The van der Waals surface area contributed by atoms with E-state index in [1.807, 2.05) is 39.0 Å². The molecule has 30 heavy (non-hydrogen) atoms. The van der Waals surface area contributed by atoms with Gasteiger partial charge in [0.25, 0.3) is 5.89 Å². The molecular weight excluding hydrogens is 402 g/mol. The van der Waals surface area contributed by atoms with Crippen molar-refractivity contribution in [3.05, 3.63) is 54.0 Å². The Morgan fingerprint density at radius 3 is 2.47 bits per heavy atom. The molecule has 0 spiro atoms. The predicted molar refractivity (Wildman–Crippen MR) is 114 cm³/mol. The van der Waals surface area contributed by atoms with Gasteiger partial charge in [0.2, 0.25) is 15.9 Å². The third-order valence-corrected chi connectivity index (χ3v) is 7.01. The fourth-order valence-electron chi connectivity index (χ4n) is 3.46. The van der Waals surface area contributed by atoms with Gasteiger partial charge in [0.05, 0.1) is 10.5 Å². The van der Waals surface area contributed by atoms with Crippen LogP contribution < -0.4 is 4.90 Å². The average molecular weight is 428 g/mol. The van der Waals surface area contributed by atoms with E-state index in [1.54, 1.807) is 24.4 Å². The standard InChI is InChI=1S/C21H25N5O3S/c1-15(2)20-23-24-21(29-20)18-8-5-9-22-19(18)25-10-12-26(13-11-25)30(27,28)17-7-4-6-16(3)14-17/h4-9,14-15H,10-13H2,1-3H3. The molecule has 1 fully saturated rings. The molecule has 1 aliphatic rings. The molecular formula is C21H25N5O3S. The van der Waals surface area contributed by atoms with Crippen LogP contribution in [0, 0.1) is 6.92 Å². The summed E-state index contributed by atoms with van der Waals surface area (Å²) in [6, 6.07) is 10.7. The molecule has 0 aliphatic carbocycles. The largest absolute Gasteiger partial charge is 0.420 e. The van der Waals surface area contributed by atoms with E-state index in [1.165, 1.54) is 4.31 Å². The summed E-state index contributed by atoms with van der Waals surface area (Å²) in [7, 11) is -3.51. The number of anilines is 1. The van der Waals surface area contributed by atoms with E-state index in [4.69, 9.17) is 4.42 Å². The third kappa shape index (κ3) is 3.95. The van der Waals surface area contributed by atoms with E-state index in [0.717, 1.165) is 16.9 Å². The van der Waals surface area contributed by atoms with Gasteiger partial charge in [-0.15, -0.1) is 10.2 Å². The summed E-state index contributed by atoms with van der Waals surface area (Å²) in [5, 5.41) is 8.29. The van der Waals surface area contributed by atoms with Gasteiger partial charge >= 0.3 is 0 Å². The monoisotopic (exact) mass is 427 g/mol. The Bertz CT molecular complexity index is 1130. The maximum absolute atomic E-state index is 13.0. The fraction of sp³-hybridized carbons (Fsp3) is 0.381. The minimum Gasteiger partial charge on any atom is -0.420 e. The molecule has 4 rings (SSSR count).